The molecule has 1 aromatic rings. The van der Waals surface area contributed by atoms with Crippen molar-refractivity contribution < 1.29 is 18.8 Å². The van der Waals surface area contributed by atoms with E-state index in [2.05, 4.69) is 12.2 Å². The lowest BCUT2D eigenvalue weighted by Crippen LogP contribution is -2.52. The fourth-order valence-corrected chi connectivity index (χ4v) is 4.92. The minimum absolute atomic E-state index is 0.0637. The van der Waals surface area contributed by atoms with E-state index in [1.165, 1.54) is 11.3 Å². The van der Waals surface area contributed by atoms with Gasteiger partial charge < -0.3 is 9.80 Å². The van der Waals surface area contributed by atoms with Gasteiger partial charge in [-0.2, -0.15) is 0 Å². The molecule has 3 amide bonds. The number of benzene rings is 1. The SMILES string of the molecule is CC1CCCCC1N(C)c1ccc2c(c1F)CN(C1CCC(=O)NC1=O)C2=O. The molecule has 4 rings (SSSR count). The molecular weight excluding hydrogens is 361 g/mol. The van der Waals surface area contributed by atoms with Gasteiger partial charge in [-0.25, -0.2) is 4.39 Å². The zero-order valence-electron chi connectivity index (χ0n) is 16.3. The van der Waals surface area contributed by atoms with E-state index in [0.29, 0.717) is 22.7 Å². The molecule has 0 spiro atoms. The van der Waals surface area contributed by atoms with Crippen LogP contribution in [0.3, 0.4) is 0 Å². The summed E-state index contributed by atoms with van der Waals surface area (Å²) < 4.78 is 15.4. The predicted octanol–water partition coefficient (Wildman–Crippen LogP) is 2.60. The molecule has 0 aromatic heterocycles. The van der Waals surface area contributed by atoms with Crippen molar-refractivity contribution in [1.82, 2.24) is 10.2 Å². The van der Waals surface area contributed by atoms with Crippen molar-refractivity contribution in [3.05, 3.63) is 29.1 Å². The van der Waals surface area contributed by atoms with Gasteiger partial charge in [0.1, 0.15) is 6.04 Å². The van der Waals surface area contributed by atoms with Crippen LogP contribution in [0, 0.1) is 11.7 Å². The second-order valence-electron chi connectivity index (χ2n) is 8.26. The number of amides is 3. The summed E-state index contributed by atoms with van der Waals surface area (Å²) in [6, 6.07) is 2.91. The van der Waals surface area contributed by atoms with E-state index >= 15 is 4.39 Å². The third kappa shape index (κ3) is 3.06. The molecule has 3 unspecified atom stereocenters. The van der Waals surface area contributed by atoms with Crippen molar-refractivity contribution in [2.45, 2.75) is 64.1 Å². The summed E-state index contributed by atoms with van der Waals surface area (Å²) in [6.07, 6.45) is 5.01. The number of halogens is 1. The molecule has 1 saturated heterocycles. The molecule has 6 nitrogen and oxygen atoms in total. The average Bonchev–Trinajstić information content (AvgIpc) is 2.99. The van der Waals surface area contributed by atoms with Crippen LogP contribution in [0.1, 0.15) is 61.4 Å². The highest BCUT2D eigenvalue weighted by atomic mass is 19.1. The van der Waals surface area contributed by atoms with Gasteiger partial charge in [0.05, 0.1) is 12.2 Å². The number of imide groups is 1. The molecule has 1 N–H and O–H groups in total. The molecule has 1 saturated carbocycles. The lowest BCUT2D eigenvalue weighted by Gasteiger charge is -2.38. The van der Waals surface area contributed by atoms with Crippen molar-refractivity contribution in [3.63, 3.8) is 0 Å². The monoisotopic (exact) mass is 387 g/mol. The van der Waals surface area contributed by atoms with Crippen LogP contribution in [-0.4, -0.2) is 41.8 Å². The topological polar surface area (TPSA) is 69.7 Å². The number of anilines is 1. The molecule has 1 aromatic carbocycles. The molecule has 2 fully saturated rings. The number of rotatable bonds is 3. The maximum absolute atomic E-state index is 15.4. The Morgan fingerprint density at radius 1 is 1.14 bits per heavy atom. The molecule has 0 bridgehead atoms. The van der Waals surface area contributed by atoms with Gasteiger partial charge in [-0.05, 0) is 37.3 Å². The van der Waals surface area contributed by atoms with Gasteiger partial charge in [0.25, 0.3) is 5.91 Å². The quantitative estimate of drug-likeness (QED) is 0.810. The van der Waals surface area contributed by atoms with Crippen LogP contribution in [0.2, 0.25) is 0 Å². The van der Waals surface area contributed by atoms with Crippen LogP contribution in [0.15, 0.2) is 12.1 Å². The molecule has 3 aliphatic rings. The number of piperidine rings is 1. The molecule has 3 atom stereocenters. The van der Waals surface area contributed by atoms with Crippen molar-refractivity contribution in [2.24, 2.45) is 5.92 Å². The van der Waals surface area contributed by atoms with Gasteiger partial charge in [0.2, 0.25) is 11.8 Å². The van der Waals surface area contributed by atoms with Crippen LogP contribution >= 0.6 is 0 Å². The lowest BCUT2D eigenvalue weighted by atomic mass is 9.85. The van der Waals surface area contributed by atoms with Crippen LogP contribution in [0.25, 0.3) is 0 Å². The highest BCUT2D eigenvalue weighted by Crippen LogP contribution is 2.36. The van der Waals surface area contributed by atoms with Gasteiger partial charge >= 0.3 is 0 Å². The van der Waals surface area contributed by atoms with E-state index in [-0.39, 0.29) is 43.1 Å². The zero-order valence-corrected chi connectivity index (χ0v) is 16.3. The third-order valence-electron chi connectivity index (χ3n) is 6.57. The van der Waals surface area contributed by atoms with Crippen LogP contribution < -0.4 is 10.2 Å². The van der Waals surface area contributed by atoms with E-state index < -0.39 is 11.9 Å². The highest BCUT2D eigenvalue weighted by molar-refractivity contribution is 6.05. The van der Waals surface area contributed by atoms with Crippen molar-refractivity contribution in [2.75, 3.05) is 11.9 Å². The van der Waals surface area contributed by atoms with E-state index in [9.17, 15) is 14.4 Å². The first-order chi connectivity index (χ1) is 13.4. The van der Waals surface area contributed by atoms with E-state index in [1.807, 2.05) is 11.9 Å². The summed E-state index contributed by atoms with van der Waals surface area (Å²) in [5.74, 6) is -1.04. The molecule has 7 heteroatoms. The normalized spacial score (nSPS) is 27.6. The minimum atomic E-state index is -0.725. The number of nitrogens with zero attached hydrogens (tertiary/aromatic N) is 2. The minimum Gasteiger partial charge on any atom is -0.369 e. The molecule has 2 aliphatic heterocycles. The van der Waals surface area contributed by atoms with E-state index in [4.69, 9.17) is 0 Å². The second-order valence-corrected chi connectivity index (χ2v) is 8.26. The summed E-state index contributed by atoms with van der Waals surface area (Å²) >= 11 is 0. The first kappa shape index (κ1) is 18.9. The average molecular weight is 387 g/mol. The summed E-state index contributed by atoms with van der Waals surface area (Å²) in [5.41, 5.74) is 1.17. The smallest absolute Gasteiger partial charge is 0.255 e. The van der Waals surface area contributed by atoms with Crippen LogP contribution in [-0.2, 0) is 16.1 Å². The summed E-state index contributed by atoms with van der Waals surface area (Å²) in [7, 11) is 1.92. The highest BCUT2D eigenvalue weighted by Gasteiger charge is 2.41. The van der Waals surface area contributed by atoms with Crippen molar-refractivity contribution >= 4 is 23.4 Å². The molecule has 28 heavy (non-hydrogen) atoms. The van der Waals surface area contributed by atoms with Gasteiger partial charge in [-0.1, -0.05) is 19.8 Å². The van der Waals surface area contributed by atoms with Crippen LogP contribution in [0.5, 0.6) is 0 Å². The first-order valence-corrected chi connectivity index (χ1v) is 10.1. The summed E-state index contributed by atoms with van der Waals surface area (Å²) in [6.45, 7) is 2.27. The summed E-state index contributed by atoms with van der Waals surface area (Å²) in [5, 5.41) is 2.27. The number of carbonyl (C=O) groups is 3. The number of hydrogen-bond donors (Lipinski definition) is 1. The van der Waals surface area contributed by atoms with Gasteiger partial charge in [0.15, 0.2) is 5.82 Å². The molecular formula is C21H26FN3O3. The Balaban J connectivity index is 1.60. The van der Waals surface area contributed by atoms with Crippen LogP contribution in [0.4, 0.5) is 10.1 Å². The van der Waals surface area contributed by atoms with Gasteiger partial charge in [-0.3, -0.25) is 19.7 Å². The first-order valence-electron chi connectivity index (χ1n) is 10.1. The third-order valence-corrected chi connectivity index (χ3v) is 6.57. The second kappa shape index (κ2) is 7.18. The number of hydrogen-bond acceptors (Lipinski definition) is 4. The molecule has 1 aliphatic carbocycles. The predicted molar refractivity (Wildman–Crippen MR) is 102 cm³/mol. The largest absolute Gasteiger partial charge is 0.369 e. The van der Waals surface area contributed by atoms with Crippen molar-refractivity contribution in [1.29, 1.82) is 0 Å². The fourth-order valence-electron chi connectivity index (χ4n) is 4.92. The maximum Gasteiger partial charge on any atom is 0.255 e. The molecule has 2 heterocycles. The van der Waals surface area contributed by atoms with Gasteiger partial charge in [0, 0.05) is 30.6 Å². The lowest BCUT2D eigenvalue weighted by molar-refractivity contribution is -0.136. The van der Waals surface area contributed by atoms with E-state index in [0.717, 1.165) is 19.3 Å². The Kier molecular flexibility index (Phi) is 4.85. The van der Waals surface area contributed by atoms with E-state index in [1.54, 1.807) is 12.1 Å². The molecule has 0 radical (unpaired) electrons. The Labute approximate surface area is 164 Å². The van der Waals surface area contributed by atoms with Gasteiger partial charge in [-0.15, -0.1) is 0 Å². The Bertz CT molecular complexity index is 840. The maximum atomic E-state index is 15.4. The number of fused-ring (bicyclic) bond motifs is 1. The summed E-state index contributed by atoms with van der Waals surface area (Å²) in [4.78, 5) is 39.7. The Hall–Kier alpha value is -2.44. The Morgan fingerprint density at radius 3 is 2.61 bits per heavy atom. The molecule has 150 valence electrons. The zero-order chi connectivity index (χ0) is 20.0. The Morgan fingerprint density at radius 2 is 1.89 bits per heavy atom. The van der Waals surface area contributed by atoms with Crippen molar-refractivity contribution in [3.8, 4) is 0 Å². The fraction of sp³-hybridized carbons (Fsp3) is 0.571. The number of nitrogens with one attached hydrogen (secondary N) is 1. The standard InChI is InChI=1S/C21H26FN3O3/c1-12-5-3-4-6-15(12)24(2)16-8-7-13-14(19(16)22)11-25(21(13)28)17-9-10-18(26)23-20(17)27/h7-8,12,15,17H,3-6,9-11H2,1-2H3,(H,23,26,27). The number of carbonyl (C=O) groups excluding carboxylic acids is 3.